The van der Waals surface area contributed by atoms with E-state index in [0.29, 0.717) is 22.7 Å². The summed E-state index contributed by atoms with van der Waals surface area (Å²) in [6.07, 6.45) is 1.30. The smallest absolute Gasteiger partial charge is 0.277 e. The van der Waals surface area contributed by atoms with Crippen LogP contribution in [0.25, 0.3) is 0 Å². The van der Waals surface area contributed by atoms with Gasteiger partial charge in [0.05, 0.1) is 18.2 Å². The Hall–Kier alpha value is -4.60. The summed E-state index contributed by atoms with van der Waals surface area (Å²) in [6.45, 7) is -0.253. The van der Waals surface area contributed by atoms with Crippen molar-refractivity contribution in [3.05, 3.63) is 82.4 Å². The molecule has 10 heteroatoms. The third kappa shape index (κ3) is 6.20. The maximum Gasteiger partial charge on any atom is 0.277 e. The van der Waals surface area contributed by atoms with Crippen molar-refractivity contribution in [2.75, 3.05) is 19.0 Å². The fraction of sp³-hybridized carbons (Fsp3) is 0.0909. The van der Waals surface area contributed by atoms with E-state index >= 15 is 0 Å². The fourth-order valence-corrected chi connectivity index (χ4v) is 2.59. The van der Waals surface area contributed by atoms with Crippen molar-refractivity contribution >= 4 is 29.2 Å². The van der Waals surface area contributed by atoms with Crippen LogP contribution in [0.15, 0.2) is 71.8 Å². The van der Waals surface area contributed by atoms with Crippen LogP contribution >= 0.6 is 0 Å². The number of anilines is 2. The van der Waals surface area contributed by atoms with Gasteiger partial charge >= 0.3 is 0 Å². The lowest BCUT2D eigenvalue weighted by atomic mass is 10.2. The predicted molar refractivity (Wildman–Crippen MR) is 119 cm³/mol. The molecule has 0 aliphatic rings. The number of nitrogens with zero attached hydrogens (tertiary/aromatic N) is 2. The molecule has 164 valence electrons. The molecule has 0 aliphatic heterocycles. The molecule has 32 heavy (non-hydrogen) atoms. The molecule has 0 aliphatic carbocycles. The first-order valence-corrected chi connectivity index (χ1v) is 9.38. The number of nitro groups is 1. The first-order chi connectivity index (χ1) is 15.4. The number of methoxy groups -OCH3 is 1. The molecule has 0 saturated heterocycles. The summed E-state index contributed by atoms with van der Waals surface area (Å²) < 4.78 is 10.5. The molecule has 0 atom stereocenters. The quantitative estimate of drug-likeness (QED) is 0.265. The molecule has 3 aromatic rings. The van der Waals surface area contributed by atoms with E-state index in [1.807, 2.05) is 0 Å². The zero-order valence-electron chi connectivity index (χ0n) is 17.0. The van der Waals surface area contributed by atoms with Crippen molar-refractivity contribution in [2.24, 2.45) is 5.10 Å². The average molecular weight is 436 g/mol. The van der Waals surface area contributed by atoms with Gasteiger partial charge in [-0.25, -0.2) is 5.43 Å². The number of amides is 1. The largest absolute Gasteiger partial charge is 0.507 e. The Bertz CT molecular complexity index is 1110. The molecule has 0 aromatic heterocycles. The van der Waals surface area contributed by atoms with Crippen LogP contribution < -0.4 is 20.2 Å². The SMILES string of the molecule is COc1ccc(O)c(/C=N/NC(=O)COc2ccc(Nc3ccc([N+](=O)[O-])cc3)cc2)c1. The highest BCUT2D eigenvalue weighted by Crippen LogP contribution is 2.22. The van der Waals surface area contributed by atoms with Gasteiger partial charge in [-0.15, -0.1) is 0 Å². The second kappa shape index (κ2) is 10.4. The number of nitrogens with one attached hydrogen (secondary N) is 2. The standard InChI is InChI=1S/C22H20N4O6/c1-31-20-10-11-21(27)15(12-20)13-23-25-22(28)14-32-19-8-4-17(5-9-19)24-16-2-6-18(7-3-16)26(29)30/h2-13,24,27H,14H2,1H3,(H,25,28)/b23-13+. The Morgan fingerprint density at radius 2 is 1.69 bits per heavy atom. The van der Waals surface area contributed by atoms with Gasteiger partial charge in [-0.05, 0) is 54.6 Å². The molecule has 10 nitrogen and oxygen atoms in total. The number of ether oxygens (including phenoxy) is 2. The predicted octanol–water partition coefficient (Wildman–Crippen LogP) is 3.58. The number of aromatic hydroxyl groups is 1. The van der Waals surface area contributed by atoms with Crippen LogP contribution in [0.4, 0.5) is 17.1 Å². The molecule has 0 saturated carbocycles. The second-order valence-corrected chi connectivity index (χ2v) is 6.46. The number of rotatable bonds is 9. The maximum absolute atomic E-state index is 11.9. The minimum atomic E-state index is -0.475. The normalized spacial score (nSPS) is 10.5. The van der Waals surface area contributed by atoms with Gasteiger partial charge in [-0.2, -0.15) is 5.10 Å². The Kier molecular flexibility index (Phi) is 7.20. The van der Waals surface area contributed by atoms with Gasteiger partial charge in [0.1, 0.15) is 17.2 Å². The van der Waals surface area contributed by atoms with Gasteiger partial charge in [-0.3, -0.25) is 14.9 Å². The number of hydrogen-bond donors (Lipinski definition) is 3. The van der Waals surface area contributed by atoms with Gasteiger partial charge in [-0.1, -0.05) is 0 Å². The van der Waals surface area contributed by atoms with Gasteiger partial charge < -0.3 is 19.9 Å². The van der Waals surface area contributed by atoms with E-state index in [4.69, 9.17) is 9.47 Å². The zero-order chi connectivity index (χ0) is 22.9. The van der Waals surface area contributed by atoms with Crippen molar-refractivity contribution in [3.63, 3.8) is 0 Å². The molecular weight excluding hydrogens is 416 g/mol. The fourth-order valence-electron chi connectivity index (χ4n) is 2.59. The maximum atomic E-state index is 11.9. The van der Waals surface area contributed by atoms with Gasteiger partial charge in [0, 0.05) is 29.1 Å². The number of phenolic OH excluding ortho intramolecular Hbond substituents is 1. The molecule has 0 radical (unpaired) electrons. The monoisotopic (exact) mass is 436 g/mol. The highest BCUT2D eigenvalue weighted by atomic mass is 16.6. The van der Waals surface area contributed by atoms with E-state index in [1.54, 1.807) is 48.5 Å². The molecule has 1 amide bonds. The van der Waals surface area contributed by atoms with Crippen LogP contribution in [0.1, 0.15) is 5.56 Å². The zero-order valence-corrected chi connectivity index (χ0v) is 17.0. The Balaban J connectivity index is 1.47. The summed E-state index contributed by atoms with van der Waals surface area (Å²) in [7, 11) is 1.50. The van der Waals surface area contributed by atoms with Gasteiger partial charge in [0.2, 0.25) is 0 Å². The number of hydrogen-bond acceptors (Lipinski definition) is 8. The number of carbonyl (C=O) groups excluding carboxylic acids is 1. The van der Waals surface area contributed by atoms with Crippen molar-refractivity contribution in [1.29, 1.82) is 0 Å². The molecule has 0 unspecified atom stereocenters. The van der Waals surface area contributed by atoms with Crippen LogP contribution in [-0.4, -0.2) is 35.9 Å². The summed E-state index contributed by atoms with van der Waals surface area (Å²) in [5, 5.41) is 27.4. The number of hydrazone groups is 1. The third-order valence-corrected chi connectivity index (χ3v) is 4.22. The highest BCUT2D eigenvalue weighted by molar-refractivity contribution is 5.86. The Morgan fingerprint density at radius 1 is 1.06 bits per heavy atom. The Morgan fingerprint density at radius 3 is 2.31 bits per heavy atom. The van der Waals surface area contributed by atoms with Crippen LogP contribution in [0.2, 0.25) is 0 Å². The molecular formula is C22H20N4O6. The summed E-state index contributed by atoms with van der Waals surface area (Å²) in [6, 6.07) is 17.5. The summed E-state index contributed by atoms with van der Waals surface area (Å²) in [4.78, 5) is 22.1. The van der Waals surface area contributed by atoms with Crippen LogP contribution in [-0.2, 0) is 4.79 Å². The minimum Gasteiger partial charge on any atom is -0.507 e. The first-order valence-electron chi connectivity index (χ1n) is 9.38. The molecule has 3 rings (SSSR count). The molecule has 0 spiro atoms. The molecule has 3 N–H and O–H groups in total. The highest BCUT2D eigenvalue weighted by Gasteiger charge is 2.05. The van der Waals surface area contributed by atoms with Crippen LogP contribution in [0, 0.1) is 10.1 Å². The van der Waals surface area contributed by atoms with Crippen molar-refractivity contribution < 1.29 is 24.3 Å². The van der Waals surface area contributed by atoms with E-state index in [0.717, 1.165) is 5.69 Å². The van der Waals surface area contributed by atoms with Crippen molar-refractivity contribution in [1.82, 2.24) is 5.43 Å². The van der Waals surface area contributed by atoms with Crippen LogP contribution in [0.3, 0.4) is 0 Å². The third-order valence-electron chi connectivity index (χ3n) is 4.22. The summed E-state index contributed by atoms with van der Waals surface area (Å²) in [5.41, 5.74) is 4.17. The minimum absolute atomic E-state index is 0.00229. The van der Waals surface area contributed by atoms with Crippen LogP contribution in [0.5, 0.6) is 17.2 Å². The topological polar surface area (TPSA) is 135 Å². The average Bonchev–Trinajstić information content (AvgIpc) is 2.80. The van der Waals surface area contributed by atoms with E-state index < -0.39 is 10.8 Å². The lowest BCUT2D eigenvalue weighted by Crippen LogP contribution is -2.24. The number of benzene rings is 3. The lowest BCUT2D eigenvalue weighted by Gasteiger charge is -2.08. The number of non-ortho nitro benzene ring substituents is 1. The van der Waals surface area contributed by atoms with Gasteiger partial charge in [0.15, 0.2) is 6.61 Å². The Labute approximate surface area is 183 Å². The van der Waals surface area contributed by atoms with E-state index in [-0.39, 0.29) is 18.0 Å². The first kappa shape index (κ1) is 22.1. The molecule has 3 aromatic carbocycles. The van der Waals surface area contributed by atoms with Gasteiger partial charge in [0.25, 0.3) is 11.6 Å². The number of carbonyl (C=O) groups is 1. The molecule has 0 fully saturated rings. The second-order valence-electron chi connectivity index (χ2n) is 6.46. The molecule has 0 heterocycles. The lowest BCUT2D eigenvalue weighted by molar-refractivity contribution is -0.384. The van der Waals surface area contributed by atoms with E-state index in [1.165, 1.54) is 31.5 Å². The number of phenols is 1. The van der Waals surface area contributed by atoms with E-state index in [9.17, 15) is 20.0 Å². The summed E-state index contributed by atoms with van der Waals surface area (Å²) in [5.74, 6) is 0.549. The summed E-state index contributed by atoms with van der Waals surface area (Å²) >= 11 is 0. The molecule has 0 bridgehead atoms. The van der Waals surface area contributed by atoms with Crippen molar-refractivity contribution in [3.8, 4) is 17.2 Å². The van der Waals surface area contributed by atoms with E-state index in [2.05, 4.69) is 15.8 Å². The van der Waals surface area contributed by atoms with Crippen molar-refractivity contribution in [2.45, 2.75) is 0 Å². The number of nitro benzene ring substituents is 1.